The molecular weight excluding hydrogens is 853 g/mol. The van der Waals surface area contributed by atoms with E-state index in [0.29, 0.717) is 19.3 Å². The minimum Gasteiger partial charge on any atom is -0.462 e. The first-order chi connectivity index (χ1) is 34.0. The zero-order valence-electron chi connectivity index (χ0n) is 46.1. The summed E-state index contributed by atoms with van der Waals surface area (Å²) in [5, 5.41) is 0. The zero-order valence-corrected chi connectivity index (χ0v) is 46.1. The molecule has 0 saturated carbocycles. The van der Waals surface area contributed by atoms with E-state index in [1.807, 2.05) is 0 Å². The number of unbranched alkanes of at least 4 members (excludes halogenated alkanes) is 37. The topological polar surface area (TPSA) is 78.9 Å². The summed E-state index contributed by atoms with van der Waals surface area (Å²) in [6.07, 6.45) is 71.0. The van der Waals surface area contributed by atoms with Crippen LogP contribution in [0.25, 0.3) is 0 Å². The second-order valence-electron chi connectivity index (χ2n) is 20.3. The van der Waals surface area contributed by atoms with Gasteiger partial charge in [0.2, 0.25) is 0 Å². The van der Waals surface area contributed by atoms with Crippen molar-refractivity contribution < 1.29 is 28.6 Å². The highest BCUT2D eigenvalue weighted by Crippen LogP contribution is 2.16. The third kappa shape index (κ3) is 56.2. The van der Waals surface area contributed by atoms with Crippen molar-refractivity contribution in [3.8, 4) is 0 Å². The van der Waals surface area contributed by atoms with Crippen LogP contribution in [-0.4, -0.2) is 37.2 Å². The molecule has 1 atom stereocenters. The van der Waals surface area contributed by atoms with E-state index < -0.39 is 6.10 Å². The van der Waals surface area contributed by atoms with E-state index in [9.17, 15) is 14.4 Å². The third-order valence-electron chi connectivity index (χ3n) is 13.3. The summed E-state index contributed by atoms with van der Waals surface area (Å²) in [4.78, 5) is 38.2. The average molecular weight is 968 g/mol. The minimum absolute atomic E-state index is 0.0822. The Labute approximate surface area is 428 Å². The molecule has 402 valence electrons. The van der Waals surface area contributed by atoms with Crippen LogP contribution < -0.4 is 0 Å². The van der Waals surface area contributed by atoms with Crippen molar-refractivity contribution in [2.75, 3.05) is 13.2 Å². The zero-order chi connectivity index (χ0) is 50.0. The fourth-order valence-electron chi connectivity index (χ4n) is 8.72. The van der Waals surface area contributed by atoms with E-state index in [-0.39, 0.29) is 31.1 Å². The molecule has 0 saturated heterocycles. The maximum absolute atomic E-state index is 12.9. The van der Waals surface area contributed by atoms with Gasteiger partial charge in [-0.15, -0.1) is 0 Å². The molecule has 0 aromatic carbocycles. The molecule has 0 aromatic heterocycles. The Hall–Kier alpha value is -2.63. The van der Waals surface area contributed by atoms with Gasteiger partial charge in [0.05, 0.1) is 0 Å². The Balaban J connectivity index is 4.40. The summed E-state index contributed by atoms with van der Waals surface area (Å²) in [6, 6.07) is 0. The van der Waals surface area contributed by atoms with Gasteiger partial charge in [-0.25, -0.2) is 0 Å². The third-order valence-corrected chi connectivity index (χ3v) is 13.3. The van der Waals surface area contributed by atoms with Gasteiger partial charge in [0.15, 0.2) is 6.10 Å². The number of rotatable bonds is 55. The van der Waals surface area contributed by atoms with Crippen molar-refractivity contribution in [2.24, 2.45) is 0 Å². The number of ether oxygens (including phenoxy) is 3. The molecule has 0 heterocycles. The van der Waals surface area contributed by atoms with Crippen LogP contribution in [0.5, 0.6) is 0 Å². The predicted octanol–water partition coefficient (Wildman–Crippen LogP) is 20.2. The fourth-order valence-corrected chi connectivity index (χ4v) is 8.72. The van der Waals surface area contributed by atoms with Crippen molar-refractivity contribution >= 4 is 17.9 Å². The second kappa shape index (κ2) is 57.9. The van der Waals surface area contributed by atoms with E-state index in [2.05, 4.69) is 69.4 Å². The Morgan fingerprint density at radius 3 is 0.826 bits per heavy atom. The quantitative estimate of drug-likeness (QED) is 0.0199. The van der Waals surface area contributed by atoms with Crippen molar-refractivity contribution in [1.82, 2.24) is 0 Å². The molecule has 69 heavy (non-hydrogen) atoms. The molecule has 1 unspecified atom stereocenters. The molecule has 0 N–H and O–H groups in total. The summed E-state index contributed by atoms with van der Waals surface area (Å²) in [5.41, 5.74) is 0. The first-order valence-electron chi connectivity index (χ1n) is 30.2. The Bertz CT molecular complexity index is 1200. The van der Waals surface area contributed by atoms with Gasteiger partial charge in [-0.3, -0.25) is 14.4 Å². The maximum Gasteiger partial charge on any atom is 0.306 e. The molecule has 0 fully saturated rings. The first-order valence-corrected chi connectivity index (χ1v) is 30.2. The van der Waals surface area contributed by atoms with Crippen LogP contribution in [0, 0.1) is 0 Å². The van der Waals surface area contributed by atoms with Gasteiger partial charge in [0.1, 0.15) is 13.2 Å². The molecule has 6 nitrogen and oxygen atoms in total. The summed E-state index contributed by atoms with van der Waals surface area (Å²) in [6.45, 7) is 6.64. The molecule has 0 aliphatic rings. The first kappa shape index (κ1) is 66.4. The lowest BCUT2D eigenvalue weighted by atomic mass is 10.1. The summed E-state index contributed by atoms with van der Waals surface area (Å²) in [7, 11) is 0. The van der Waals surface area contributed by atoms with Crippen molar-refractivity contribution in [2.45, 2.75) is 322 Å². The largest absolute Gasteiger partial charge is 0.462 e. The maximum atomic E-state index is 12.9. The lowest BCUT2D eigenvalue weighted by molar-refractivity contribution is -0.167. The highest BCUT2D eigenvalue weighted by atomic mass is 16.6. The molecule has 0 rings (SSSR count). The van der Waals surface area contributed by atoms with Crippen LogP contribution in [0.2, 0.25) is 0 Å². The van der Waals surface area contributed by atoms with E-state index in [1.54, 1.807) is 0 Å². The fraction of sp³-hybridized carbons (Fsp3) is 0.825. The molecule has 0 bridgehead atoms. The van der Waals surface area contributed by atoms with Gasteiger partial charge in [-0.1, -0.05) is 249 Å². The van der Waals surface area contributed by atoms with Gasteiger partial charge in [0, 0.05) is 19.3 Å². The van der Waals surface area contributed by atoms with E-state index >= 15 is 0 Å². The summed E-state index contributed by atoms with van der Waals surface area (Å²) in [5.74, 6) is -0.895. The van der Waals surface area contributed by atoms with Crippen molar-refractivity contribution in [3.05, 3.63) is 48.6 Å². The number of carbonyl (C=O) groups is 3. The van der Waals surface area contributed by atoms with E-state index in [1.165, 1.54) is 186 Å². The lowest BCUT2D eigenvalue weighted by Gasteiger charge is -2.18. The highest BCUT2D eigenvalue weighted by Gasteiger charge is 2.19. The van der Waals surface area contributed by atoms with Gasteiger partial charge in [-0.05, 0) is 96.3 Å². The Morgan fingerprint density at radius 1 is 0.290 bits per heavy atom. The van der Waals surface area contributed by atoms with Crippen molar-refractivity contribution in [3.63, 3.8) is 0 Å². The SMILES string of the molecule is CCCCCC/C=C\CCCCCCCCCC(=O)OCC(COC(=O)CCCCCCC/C=C\C=C/CCCCCCCCC)OC(=O)CCCCCCC/C=C\CCCCCCCCCCC. The van der Waals surface area contributed by atoms with Gasteiger partial charge < -0.3 is 14.2 Å². The van der Waals surface area contributed by atoms with E-state index in [0.717, 1.165) is 89.9 Å². The Morgan fingerprint density at radius 2 is 0.522 bits per heavy atom. The van der Waals surface area contributed by atoms with Crippen LogP contribution in [0.1, 0.15) is 316 Å². The normalized spacial score (nSPS) is 12.3. The number of hydrogen-bond acceptors (Lipinski definition) is 6. The highest BCUT2D eigenvalue weighted by molar-refractivity contribution is 5.71. The molecule has 0 aliphatic heterocycles. The number of allylic oxidation sites excluding steroid dienone is 8. The second-order valence-corrected chi connectivity index (χ2v) is 20.3. The number of esters is 3. The monoisotopic (exact) mass is 967 g/mol. The smallest absolute Gasteiger partial charge is 0.306 e. The minimum atomic E-state index is -0.785. The molecule has 0 spiro atoms. The van der Waals surface area contributed by atoms with Crippen LogP contribution in [0.3, 0.4) is 0 Å². The van der Waals surface area contributed by atoms with Gasteiger partial charge >= 0.3 is 17.9 Å². The van der Waals surface area contributed by atoms with E-state index in [4.69, 9.17) is 14.2 Å². The van der Waals surface area contributed by atoms with Crippen LogP contribution >= 0.6 is 0 Å². The lowest BCUT2D eigenvalue weighted by Crippen LogP contribution is -2.30. The molecule has 0 aromatic rings. The molecule has 0 amide bonds. The average Bonchev–Trinajstić information content (AvgIpc) is 3.35. The van der Waals surface area contributed by atoms with Gasteiger partial charge in [-0.2, -0.15) is 0 Å². The molecular formula is C63H114O6. The van der Waals surface area contributed by atoms with Crippen molar-refractivity contribution in [1.29, 1.82) is 0 Å². The van der Waals surface area contributed by atoms with Crippen LogP contribution in [-0.2, 0) is 28.6 Å². The predicted molar refractivity (Wildman–Crippen MR) is 298 cm³/mol. The number of hydrogen-bond donors (Lipinski definition) is 0. The van der Waals surface area contributed by atoms with Crippen LogP contribution in [0.4, 0.5) is 0 Å². The van der Waals surface area contributed by atoms with Crippen LogP contribution in [0.15, 0.2) is 48.6 Å². The summed E-state index contributed by atoms with van der Waals surface area (Å²) < 4.78 is 16.9. The molecule has 0 aliphatic carbocycles. The summed E-state index contributed by atoms with van der Waals surface area (Å²) >= 11 is 0. The molecule has 0 radical (unpaired) electrons. The molecule has 6 heteroatoms. The number of carbonyl (C=O) groups excluding carboxylic acids is 3. The van der Waals surface area contributed by atoms with Gasteiger partial charge in [0.25, 0.3) is 0 Å². The standard InChI is InChI=1S/C63H114O6/c1-4-7-10-13-16-19-22-25-28-30-32-35-38-41-44-47-50-53-56-62(65)68-59-60(58-67-61(64)55-52-49-46-43-40-37-34-27-24-21-18-15-12-9-6-3)69-63(66)57-54-51-48-45-42-39-36-33-31-29-26-23-20-17-14-11-8-5-2/h21,24,28,30,32-33,35-36,60H,4-20,22-23,25-27,29,31,34,37-59H2,1-3H3/b24-21-,30-28-,35-32-,36-33-. The Kier molecular flexibility index (Phi) is 55.7.